The van der Waals surface area contributed by atoms with Crippen LogP contribution < -0.4 is 5.32 Å². The van der Waals surface area contributed by atoms with E-state index in [1.807, 2.05) is 6.07 Å². The zero-order chi connectivity index (χ0) is 24.4. The number of aromatic nitrogens is 2. The second kappa shape index (κ2) is 10.2. The highest BCUT2D eigenvalue weighted by Gasteiger charge is 2.27. The number of nitrogens with zero attached hydrogens (tertiary/aromatic N) is 2. The molecule has 34 heavy (non-hydrogen) atoms. The first-order valence-corrected chi connectivity index (χ1v) is 12.4. The molecule has 2 heterocycles. The second-order valence-corrected chi connectivity index (χ2v) is 9.90. The van der Waals surface area contributed by atoms with Crippen molar-refractivity contribution in [3.05, 3.63) is 71.4 Å². The Labute approximate surface area is 201 Å². The molecule has 1 aliphatic carbocycles. The predicted octanol–water partition coefficient (Wildman–Crippen LogP) is 7.07. The topological polar surface area (TPSA) is 54.9 Å². The van der Waals surface area contributed by atoms with Gasteiger partial charge in [0.2, 0.25) is 0 Å². The van der Waals surface area contributed by atoms with Crippen LogP contribution in [-0.2, 0) is 0 Å². The van der Waals surface area contributed by atoms with Crippen molar-refractivity contribution in [1.29, 1.82) is 0 Å². The highest BCUT2D eigenvalue weighted by molar-refractivity contribution is 7.98. The lowest BCUT2D eigenvalue weighted by Gasteiger charge is -2.32. The summed E-state index contributed by atoms with van der Waals surface area (Å²) in [7, 11) is 0. The van der Waals surface area contributed by atoms with Crippen LogP contribution in [0.4, 0.5) is 18.9 Å². The Morgan fingerprint density at radius 1 is 1.00 bits per heavy atom. The molecule has 3 aromatic rings. The molecule has 1 amide bonds. The summed E-state index contributed by atoms with van der Waals surface area (Å²) < 4.78 is 43.7. The van der Waals surface area contributed by atoms with Gasteiger partial charge in [-0.2, -0.15) is 0 Å². The fourth-order valence-electron chi connectivity index (χ4n) is 4.89. The normalized spacial score (nSPS) is 20.2. The van der Waals surface area contributed by atoms with Crippen LogP contribution in [0.15, 0.2) is 47.6 Å². The smallest absolute Gasteiger partial charge is 0.274 e. The van der Waals surface area contributed by atoms with Gasteiger partial charge in [0.25, 0.3) is 5.91 Å². The first-order valence-electron chi connectivity index (χ1n) is 11.2. The number of rotatable bonds is 5. The van der Waals surface area contributed by atoms with Gasteiger partial charge in [-0.3, -0.25) is 9.78 Å². The van der Waals surface area contributed by atoms with Gasteiger partial charge >= 0.3 is 0 Å². The lowest BCUT2D eigenvalue weighted by atomic mass is 9.74. The summed E-state index contributed by atoms with van der Waals surface area (Å²) in [6, 6.07) is 6.33. The summed E-state index contributed by atoms with van der Waals surface area (Å²) in [6.45, 7) is 4.46. The summed E-state index contributed by atoms with van der Waals surface area (Å²) in [4.78, 5) is 21.5. The van der Waals surface area contributed by atoms with Crippen molar-refractivity contribution in [3.8, 4) is 11.3 Å². The third-order valence-electron chi connectivity index (χ3n) is 6.29. The monoisotopic (exact) mass is 485 g/mol. The number of carbonyl (C=O) groups excluding carboxylic acids is 1. The van der Waals surface area contributed by atoms with E-state index in [1.54, 1.807) is 18.6 Å². The second-order valence-electron chi connectivity index (χ2n) is 9.02. The van der Waals surface area contributed by atoms with Crippen LogP contribution >= 0.6 is 11.8 Å². The van der Waals surface area contributed by atoms with Crippen molar-refractivity contribution in [2.24, 2.45) is 11.8 Å². The van der Waals surface area contributed by atoms with Crippen LogP contribution in [0.25, 0.3) is 11.3 Å². The maximum atomic E-state index is 14.6. The van der Waals surface area contributed by atoms with Gasteiger partial charge in [0, 0.05) is 11.1 Å². The van der Waals surface area contributed by atoms with Crippen molar-refractivity contribution >= 4 is 23.4 Å². The number of amides is 1. The van der Waals surface area contributed by atoms with Gasteiger partial charge in [0.05, 0.1) is 17.4 Å². The molecule has 4 rings (SSSR count). The molecule has 1 aromatic carbocycles. The number of pyridine rings is 2. The molecule has 1 aliphatic rings. The zero-order valence-corrected chi connectivity index (χ0v) is 20.1. The maximum Gasteiger partial charge on any atom is 0.274 e. The molecule has 178 valence electrons. The molecular formula is C26H26F3N3OS. The Bertz CT molecular complexity index is 1190. The number of hydrogen-bond acceptors (Lipinski definition) is 4. The Morgan fingerprint density at radius 3 is 2.32 bits per heavy atom. The average Bonchev–Trinajstić information content (AvgIpc) is 2.79. The average molecular weight is 486 g/mol. The third kappa shape index (κ3) is 5.12. The van der Waals surface area contributed by atoms with Crippen molar-refractivity contribution in [2.75, 3.05) is 11.6 Å². The summed E-state index contributed by atoms with van der Waals surface area (Å²) in [5.41, 5.74) is 0.264. The molecule has 1 fully saturated rings. The molecule has 2 atom stereocenters. The third-order valence-corrected chi connectivity index (χ3v) is 7.00. The van der Waals surface area contributed by atoms with Crippen LogP contribution in [0.3, 0.4) is 0 Å². The number of hydrogen-bond donors (Lipinski definition) is 1. The van der Waals surface area contributed by atoms with E-state index in [9.17, 15) is 18.0 Å². The van der Waals surface area contributed by atoms with Gasteiger partial charge in [-0.15, -0.1) is 11.8 Å². The number of benzene rings is 1. The Kier molecular flexibility index (Phi) is 7.26. The molecule has 0 bridgehead atoms. The molecular weight excluding hydrogens is 459 g/mol. The number of halogens is 3. The van der Waals surface area contributed by atoms with Crippen molar-refractivity contribution in [3.63, 3.8) is 0 Å². The summed E-state index contributed by atoms with van der Waals surface area (Å²) >= 11 is 1.16. The van der Waals surface area contributed by atoms with Gasteiger partial charge in [0.1, 0.15) is 28.8 Å². The number of thioether (sulfide) groups is 1. The molecule has 0 saturated heterocycles. The molecule has 1 N–H and O–H groups in total. The van der Waals surface area contributed by atoms with E-state index in [0.29, 0.717) is 22.4 Å². The van der Waals surface area contributed by atoms with Gasteiger partial charge in [-0.1, -0.05) is 13.8 Å². The zero-order valence-electron chi connectivity index (χ0n) is 19.2. The SMILES string of the molecule is CSc1cc(F)c(-c2nc(C(=O)Nc3cnccc3C3CC(C)CC(C)C3)ccc2F)c(F)c1. The summed E-state index contributed by atoms with van der Waals surface area (Å²) in [6.07, 6.45) is 8.17. The van der Waals surface area contributed by atoms with Crippen LogP contribution in [0.2, 0.25) is 0 Å². The van der Waals surface area contributed by atoms with Crippen LogP contribution in [0, 0.1) is 29.3 Å². The van der Waals surface area contributed by atoms with Crippen LogP contribution in [0.5, 0.6) is 0 Å². The van der Waals surface area contributed by atoms with Crippen LogP contribution in [0.1, 0.15) is 55.1 Å². The Morgan fingerprint density at radius 2 is 1.68 bits per heavy atom. The van der Waals surface area contributed by atoms with Crippen LogP contribution in [-0.4, -0.2) is 22.1 Å². The van der Waals surface area contributed by atoms with Crippen molar-refractivity contribution in [2.45, 2.75) is 43.9 Å². The molecule has 2 unspecified atom stereocenters. The maximum absolute atomic E-state index is 14.6. The van der Waals surface area contributed by atoms with E-state index in [4.69, 9.17) is 0 Å². The number of nitrogens with one attached hydrogen (secondary N) is 1. The number of carbonyl (C=O) groups is 1. The van der Waals surface area contributed by atoms with Gasteiger partial charge < -0.3 is 5.32 Å². The summed E-state index contributed by atoms with van der Waals surface area (Å²) in [5, 5.41) is 2.82. The van der Waals surface area contributed by atoms with E-state index in [-0.39, 0.29) is 11.6 Å². The van der Waals surface area contributed by atoms with E-state index >= 15 is 0 Å². The fraction of sp³-hybridized carbons (Fsp3) is 0.346. The molecule has 4 nitrogen and oxygen atoms in total. The van der Waals surface area contributed by atoms with Crippen molar-refractivity contribution in [1.82, 2.24) is 9.97 Å². The minimum absolute atomic E-state index is 0.149. The van der Waals surface area contributed by atoms with Gasteiger partial charge in [-0.25, -0.2) is 18.2 Å². The lowest BCUT2D eigenvalue weighted by molar-refractivity contribution is 0.102. The standard InChI is InChI=1S/C26H26F3N3OS/c1-14-8-15(2)10-16(9-14)18-6-7-30-13-23(18)32-26(33)22-5-4-19(27)25(31-22)24-20(28)11-17(34-3)12-21(24)29/h4-7,11-16H,8-10H2,1-3H3,(H,32,33). The summed E-state index contributed by atoms with van der Waals surface area (Å²) in [5.74, 6) is -1.96. The largest absolute Gasteiger partial charge is 0.319 e. The molecule has 0 aliphatic heterocycles. The van der Waals surface area contributed by atoms with E-state index in [0.717, 1.165) is 48.4 Å². The van der Waals surface area contributed by atoms with E-state index in [1.165, 1.54) is 12.5 Å². The lowest BCUT2D eigenvalue weighted by Crippen LogP contribution is -2.21. The first kappa shape index (κ1) is 24.3. The Balaban J connectivity index is 1.64. The minimum Gasteiger partial charge on any atom is -0.319 e. The fourth-order valence-corrected chi connectivity index (χ4v) is 5.33. The molecule has 1 saturated carbocycles. The quantitative estimate of drug-likeness (QED) is 0.393. The molecule has 8 heteroatoms. The van der Waals surface area contributed by atoms with E-state index < -0.39 is 34.6 Å². The molecule has 0 spiro atoms. The predicted molar refractivity (Wildman–Crippen MR) is 128 cm³/mol. The number of anilines is 1. The first-order chi connectivity index (χ1) is 16.3. The van der Waals surface area contributed by atoms with E-state index in [2.05, 4.69) is 29.1 Å². The Hall–Kier alpha value is -2.87. The van der Waals surface area contributed by atoms with Crippen molar-refractivity contribution < 1.29 is 18.0 Å². The van der Waals surface area contributed by atoms with Gasteiger partial charge in [0.15, 0.2) is 0 Å². The highest BCUT2D eigenvalue weighted by atomic mass is 32.2. The molecule has 2 aromatic heterocycles. The highest BCUT2D eigenvalue weighted by Crippen LogP contribution is 2.41. The minimum atomic E-state index is -0.941. The van der Waals surface area contributed by atoms with Gasteiger partial charge in [-0.05, 0) is 79.2 Å². The molecule has 0 radical (unpaired) electrons.